The Morgan fingerprint density at radius 1 is 1.17 bits per heavy atom. The third-order valence-electron chi connectivity index (χ3n) is 3.24. The number of hydrogen-bond donors (Lipinski definition) is 0. The third-order valence-corrected chi connectivity index (χ3v) is 3.24. The highest BCUT2D eigenvalue weighted by molar-refractivity contribution is 4.86. The molecule has 1 aliphatic rings. The smallest absolute Gasteiger partial charge is 0.0127 e. The minimum Gasteiger partial charge on any atom is -0.296 e. The Morgan fingerprint density at radius 2 is 1.75 bits per heavy atom. The van der Waals surface area contributed by atoms with E-state index in [1.165, 1.54) is 19.4 Å². The van der Waals surface area contributed by atoms with Gasteiger partial charge in [0.05, 0.1) is 0 Å². The van der Waals surface area contributed by atoms with Gasteiger partial charge in [0.2, 0.25) is 0 Å². The summed E-state index contributed by atoms with van der Waals surface area (Å²) in [6.45, 7) is 13.0. The minimum atomic E-state index is 0.355. The lowest BCUT2D eigenvalue weighted by Gasteiger charge is -2.46. The Balaban J connectivity index is 2.64. The van der Waals surface area contributed by atoms with Crippen LogP contribution in [0.1, 0.15) is 47.5 Å². The van der Waals surface area contributed by atoms with Crippen molar-refractivity contribution in [1.82, 2.24) is 4.90 Å². The highest BCUT2D eigenvalue weighted by Crippen LogP contribution is 2.28. The molecular weight excluding hydrogens is 146 g/mol. The van der Waals surface area contributed by atoms with E-state index >= 15 is 0 Å². The third kappa shape index (κ3) is 2.01. The van der Waals surface area contributed by atoms with Gasteiger partial charge in [0.1, 0.15) is 0 Å². The van der Waals surface area contributed by atoms with E-state index in [4.69, 9.17) is 0 Å². The Bertz CT molecular complexity index is 146. The van der Waals surface area contributed by atoms with Crippen LogP contribution in [0.2, 0.25) is 0 Å². The van der Waals surface area contributed by atoms with Crippen LogP contribution in [0.15, 0.2) is 0 Å². The molecule has 0 aromatic heterocycles. The average Bonchev–Trinajstić information content (AvgIpc) is 1.92. The molecule has 12 heavy (non-hydrogen) atoms. The molecule has 0 spiro atoms. The quantitative estimate of drug-likeness (QED) is 0.539. The zero-order valence-corrected chi connectivity index (χ0v) is 9.22. The van der Waals surface area contributed by atoms with Gasteiger partial charge >= 0.3 is 0 Å². The Labute approximate surface area is 77.1 Å². The van der Waals surface area contributed by atoms with E-state index in [1.54, 1.807) is 0 Å². The summed E-state index contributed by atoms with van der Waals surface area (Å²) in [6.07, 6.45) is 2.79. The first kappa shape index (κ1) is 10.0. The maximum absolute atomic E-state index is 2.64. The van der Waals surface area contributed by atoms with Gasteiger partial charge in [-0.05, 0) is 53.0 Å². The largest absolute Gasteiger partial charge is 0.296 e. The Kier molecular flexibility index (Phi) is 2.82. The van der Waals surface area contributed by atoms with Crippen LogP contribution in [-0.4, -0.2) is 23.0 Å². The van der Waals surface area contributed by atoms with Crippen molar-refractivity contribution >= 4 is 0 Å². The second-order valence-corrected chi connectivity index (χ2v) is 5.22. The summed E-state index contributed by atoms with van der Waals surface area (Å²) in [7, 11) is 0. The van der Waals surface area contributed by atoms with Crippen molar-refractivity contribution in [3.05, 3.63) is 0 Å². The maximum atomic E-state index is 2.64. The molecule has 1 fully saturated rings. The molecule has 1 heterocycles. The fourth-order valence-corrected chi connectivity index (χ4v) is 2.28. The van der Waals surface area contributed by atoms with Gasteiger partial charge in [-0.2, -0.15) is 0 Å². The first-order valence-corrected chi connectivity index (χ1v) is 5.19. The topological polar surface area (TPSA) is 3.24 Å². The summed E-state index contributed by atoms with van der Waals surface area (Å²) < 4.78 is 0. The molecule has 0 bridgehead atoms. The van der Waals surface area contributed by atoms with E-state index in [9.17, 15) is 0 Å². The minimum absolute atomic E-state index is 0.355. The summed E-state index contributed by atoms with van der Waals surface area (Å²) in [4.78, 5) is 2.64. The van der Waals surface area contributed by atoms with Crippen LogP contribution < -0.4 is 0 Å². The van der Waals surface area contributed by atoms with Crippen molar-refractivity contribution in [2.24, 2.45) is 5.92 Å². The van der Waals surface area contributed by atoms with E-state index < -0.39 is 0 Å². The van der Waals surface area contributed by atoms with Crippen molar-refractivity contribution in [3.8, 4) is 0 Å². The second kappa shape index (κ2) is 3.37. The summed E-state index contributed by atoms with van der Waals surface area (Å²) in [5.41, 5.74) is 0.355. The number of nitrogens with zero attached hydrogens (tertiary/aromatic N) is 1. The van der Waals surface area contributed by atoms with Crippen LogP contribution in [0.3, 0.4) is 0 Å². The van der Waals surface area contributed by atoms with Crippen molar-refractivity contribution in [2.75, 3.05) is 6.54 Å². The Morgan fingerprint density at radius 3 is 2.17 bits per heavy atom. The molecule has 2 unspecified atom stereocenters. The van der Waals surface area contributed by atoms with Gasteiger partial charge in [0.25, 0.3) is 0 Å². The van der Waals surface area contributed by atoms with E-state index in [0.29, 0.717) is 5.54 Å². The average molecular weight is 169 g/mol. The lowest BCUT2D eigenvalue weighted by molar-refractivity contribution is 0.0307. The standard InChI is InChI=1S/C11H23N/c1-9-7-6-8-12(10(9)2)11(3,4)5/h9-10H,6-8H2,1-5H3. The summed E-state index contributed by atoms with van der Waals surface area (Å²) in [6, 6.07) is 0.763. The van der Waals surface area contributed by atoms with Gasteiger partial charge in [-0.3, -0.25) is 4.90 Å². The molecule has 1 rings (SSSR count). The molecule has 2 atom stereocenters. The van der Waals surface area contributed by atoms with Gasteiger partial charge in [0, 0.05) is 11.6 Å². The monoisotopic (exact) mass is 169 g/mol. The lowest BCUT2D eigenvalue weighted by Crippen LogP contribution is -2.52. The molecule has 0 aromatic carbocycles. The van der Waals surface area contributed by atoms with Crippen molar-refractivity contribution in [3.63, 3.8) is 0 Å². The number of rotatable bonds is 0. The first-order valence-electron chi connectivity index (χ1n) is 5.19. The van der Waals surface area contributed by atoms with Gasteiger partial charge in [-0.25, -0.2) is 0 Å². The van der Waals surface area contributed by atoms with Gasteiger partial charge in [-0.1, -0.05) is 6.92 Å². The molecule has 0 radical (unpaired) electrons. The van der Waals surface area contributed by atoms with Crippen LogP contribution in [0.25, 0.3) is 0 Å². The molecule has 0 amide bonds. The predicted octanol–water partition coefficient (Wildman–Crippen LogP) is 2.91. The highest BCUT2D eigenvalue weighted by atomic mass is 15.2. The van der Waals surface area contributed by atoms with E-state index in [0.717, 1.165) is 12.0 Å². The maximum Gasteiger partial charge on any atom is 0.0127 e. The zero-order chi connectivity index (χ0) is 9.35. The SMILES string of the molecule is CC1CCCN(C(C)(C)C)C1C. The van der Waals surface area contributed by atoms with Crippen LogP contribution >= 0.6 is 0 Å². The zero-order valence-electron chi connectivity index (χ0n) is 9.22. The van der Waals surface area contributed by atoms with Crippen molar-refractivity contribution in [1.29, 1.82) is 0 Å². The fraction of sp³-hybridized carbons (Fsp3) is 1.00. The molecule has 72 valence electrons. The number of likely N-dealkylation sites (tertiary alicyclic amines) is 1. The van der Waals surface area contributed by atoms with Crippen molar-refractivity contribution in [2.45, 2.75) is 59.0 Å². The number of hydrogen-bond acceptors (Lipinski definition) is 1. The fourth-order valence-electron chi connectivity index (χ4n) is 2.28. The van der Waals surface area contributed by atoms with Crippen LogP contribution in [0, 0.1) is 5.92 Å². The van der Waals surface area contributed by atoms with Crippen LogP contribution in [0.4, 0.5) is 0 Å². The first-order chi connectivity index (χ1) is 5.43. The Hall–Kier alpha value is -0.0400. The molecule has 1 saturated heterocycles. The lowest BCUT2D eigenvalue weighted by atomic mass is 9.88. The van der Waals surface area contributed by atoms with E-state index in [1.807, 2.05) is 0 Å². The molecule has 1 heteroatoms. The van der Waals surface area contributed by atoms with Crippen molar-refractivity contribution < 1.29 is 0 Å². The summed E-state index contributed by atoms with van der Waals surface area (Å²) in [5, 5.41) is 0. The van der Waals surface area contributed by atoms with Crippen LogP contribution in [-0.2, 0) is 0 Å². The molecule has 0 aromatic rings. The van der Waals surface area contributed by atoms with E-state index in [2.05, 4.69) is 39.5 Å². The second-order valence-electron chi connectivity index (χ2n) is 5.22. The van der Waals surface area contributed by atoms with Gasteiger partial charge in [-0.15, -0.1) is 0 Å². The number of piperidine rings is 1. The molecule has 1 aliphatic heterocycles. The van der Waals surface area contributed by atoms with Gasteiger partial charge in [0.15, 0.2) is 0 Å². The molecule has 1 nitrogen and oxygen atoms in total. The van der Waals surface area contributed by atoms with Crippen LogP contribution in [0.5, 0.6) is 0 Å². The summed E-state index contributed by atoms with van der Waals surface area (Å²) >= 11 is 0. The molecule has 0 saturated carbocycles. The van der Waals surface area contributed by atoms with E-state index in [-0.39, 0.29) is 0 Å². The molecule has 0 aliphatic carbocycles. The van der Waals surface area contributed by atoms with Gasteiger partial charge < -0.3 is 0 Å². The molecule has 0 N–H and O–H groups in total. The molecular formula is C11H23N. The normalized spacial score (nSPS) is 33.8. The summed E-state index contributed by atoms with van der Waals surface area (Å²) in [5.74, 6) is 0.873. The highest BCUT2D eigenvalue weighted by Gasteiger charge is 2.31. The predicted molar refractivity (Wildman–Crippen MR) is 54.3 cm³/mol.